The number of nitrogens with one attached hydrogen (secondary N) is 1. The molecule has 1 aliphatic rings. The van der Waals surface area contributed by atoms with Crippen LogP contribution in [0.25, 0.3) is 0 Å². The first-order valence-electron chi connectivity index (χ1n) is 8.54. The van der Waals surface area contributed by atoms with Crippen molar-refractivity contribution >= 4 is 35.6 Å². The molecule has 0 aromatic heterocycles. The van der Waals surface area contributed by atoms with Crippen molar-refractivity contribution in [2.24, 2.45) is 10.7 Å². The number of anilines is 1. The molecule has 1 aromatic carbocycles. The summed E-state index contributed by atoms with van der Waals surface area (Å²) in [5.74, 6) is 1.03. The molecule has 0 saturated carbocycles. The van der Waals surface area contributed by atoms with Crippen LogP contribution in [-0.2, 0) is 0 Å². The van der Waals surface area contributed by atoms with Crippen molar-refractivity contribution in [1.29, 1.82) is 0 Å². The normalized spacial score (nSPS) is 16.7. The predicted octanol–water partition coefficient (Wildman–Crippen LogP) is 4.03. The molecule has 1 fully saturated rings. The lowest BCUT2D eigenvalue weighted by Gasteiger charge is -2.18. The predicted molar refractivity (Wildman–Crippen MR) is 111 cm³/mol. The number of guanidine groups is 1. The average molecular weight is 430 g/mol. The Labute approximate surface area is 157 Å². The van der Waals surface area contributed by atoms with E-state index in [0.29, 0.717) is 11.9 Å². The summed E-state index contributed by atoms with van der Waals surface area (Å²) in [4.78, 5) is 6.96. The molecule has 0 radical (unpaired) electrons. The molecule has 0 atom stereocenters. The van der Waals surface area contributed by atoms with Gasteiger partial charge < -0.3 is 16.0 Å². The third-order valence-corrected chi connectivity index (χ3v) is 4.22. The first-order valence-corrected chi connectivity index (χ1v) is 8.54. The van der Waals surface area contributed by atoms with E-state index in [0.717, 1.165) is 18.8 Å². The van der Waals surface area contributed by atoms with E-state index < -0.39 is 0 Å². The molecule has 23 heavy (non-hydrogen) atoms. The SMILES string of the molecule is CC(C)c1cccc(NC(N)=NCCN2CCCCCC2)c1.I. The first-order chi connectivity index (χ1) is 10.6. The lowest BCUT2D eigenvalue weighted by molar-refractivity contribution is 0.293. The number of rotatable bonds is 5. The Morgan fingerprint density at radius 3 is 2.57 bits per heavy atom. The number of hydrogen-bond acceptors (Lipinski definition) is 2. The fourth-order valence-corrected chi connectivity index (χ4v) is 2.83. The van der Waals surface area contributed by atoms with E-state index in [9.17, 15) is 0 Å². The maximum atomic E-state index is 6.00. The summed E-state index contributed by atoms with van der Waals surface area (Å²) < 4.78 is 0. The third kappa shape index (κ3) is 7.52. The Hall–Kier alpha value is -0.820. The van der Waals surface area contributed by atoms with E-state index in [4.69, 9.17) is 5.73 Å². The molecule has 1 saturated heterocycles. The Balaban J connectivity index is 0.00000264. The highest BCUT2D eigenvalue weighted by Crippen LogP contribution is 2.18. The Morgan fingerprint density at radius 1 is 1.22 bits per heavy atom. The number of benzene rings is 1. The number of likely N-dealkylation sites (tertiary alicyclic amines) is 1. The zero-order valence-electron chi connectivity index (χ0n) is 14.4. The van der Waals surface area contributed by atoms with Crippen LogP contribution < -0.4 is 11.1 Å². The second-order valence-corrected chi connectivity index (χ2v) is 6.43. The summed E-state index contributed by atoms with van der Waals surface area (Å²) in [6.45, 7) is 8.57. The van der Waals surface area contributed by atoms with Crippen LogP contribution in [0.3, 0.4) is 0 Å². The molecule has 0 aliphatic carbocycles. The monoisotopic (exact) mass is 430 g/mol. The lowest BCUT2D eigenvalue weighted by atomic mass is 10.0. The van der Waals surface area contributed by atoms with Gasteiger partial charge in [0, 0.05) is 12.2 Å². The number of aliphatic imine (C=N–C) groups is 1. The summed E-state index contributed by atoms with van der Waals surface area (Å²) >= 11 is 0. The number of hydrogen-bond donors (Lipinski definition) is 2. The van der Waals surface area contributed by atoms with E-state index in [1.165, 1.54) is 44.3 Å². The highest BCUT2D eigenvalue weighted by molar-refractivity contribution is 14.0. The van der Waals surface area contributed by atoms with Crippen molar-refractivity contribution < 1.29 is 0 Å². The zero-order chi connectivity index (χ0) is 15.8. The zero-order valence-corrected chi connectivity index (χ0v) is 16.8. The molecule has 1 aliphatic heterocycles. The van der Waals surface area contributed by atoms with Crippen molar-refractivity contribution in [2.45, 2.75) is 45.4 Å². The van der Waals surface area contributed by atoms with Gasteiger partial charge in [-0.3, -0.25) is 4.99 Å². The van der Waals surface area contributed by atoms with Crippen LogP contribution in [0.5, 0.6) is 0 Å². The quantitative estimate of drug-likeness (QED) is 0.421. The third-order valence-electron chi connectivity index (χ3n) is 4.22. The van der Waals surface area contributed by atoms with Crippen molar-refractivity contribution in [3.05, 3.63) is 29.8 Å². The van der Waals surface area contributed by atoms with Crippen LogP contribution in [0.15, 0.2) is 29.3 Å². The van der Waals surface area contributed by atoms with Gasteiger partial charge in [-0.15, -0.1) is 24.0 Å². The molecule has 0 unspecified atom stereocenters. The van der Waals surface area contributed by atoms with Crippen molar-refractivity contribution in [1.82, 2.24) is 4.90 Å². The molecular weight excluding hydrogens is 399 g/mol. The van der Waals surface area contributed by atoms with Gasteiger partial charge in [-0.1, -0.05) is 38.8 Å². The molecule has 1 aromatic rings. The second kappa shape index (κ2) is 10.9. The van der Waals surface area contributed by atoms with E-state index in [1.54, 1.807) is 0 Å². The second-order valence-electron chi connectivity index (χ2n) is 6.43. The maximum absolute atomic E-state index is 6.00. The van der Waals surface area contributed by atoms with Gasteiger partial charge in [0.15, 0.2) is 5.96 Å². The molecule has 1 heterocycles. The maximum Gasteiger partial charge on any atom is 0.193 e. The van der Waals surface area contributed by atoms with Gasteiger partial charge in [-0.05, 0) is 49.5 Å². The fourth-order valence-electron chi connectivity index (χ4n) is 2.83. The summed E-state index contributed by atoms with van der Waals surface area (Å²) in [5.41, 5.74) is 8.32. The van der Waals surface area contributed by atoms with Gasteiger partial charge in [0.25, 0.3) is 0 Å². The molecule has 130 valence electrons. The summed E-state index contributed by atoms with van der Waals surface area (Å²) in [6.07, 6.45) is 5.38. The lowest BCUT2D eigenvalue weighted by Crippen LogP contribution is -2.29. The van der Waals surface area contributed by atoms with Crippen LogP contribution >= 0.6 is 24.0 Å². The van der Waals surface area contributed by atoms with Crippen LogP contribution in [0.2, 0.25) is 0 Å². The average Bonchev–Trinajstić information content (AvgIpc) is 2.76. The van der Waals surface area contributed by atoms with Gasteiger partial charge in [-0.25, -0.2) is 0 Å². The Morgan fingerprint density at radius 2 is 1.91 bits per heavy atom. The first kappa shape index (κ1) is 20.2. The molecule has 4 nitrogen and oxygen atoms in total. The minimum absolute atomic E-state index is 0. The van der Waals surface area contributed by atoms with Crippen LogP contribution in [0.4, 0.5) is 5.69 Å². The number of halogens is 1. The molecule has 0 amide bonds. The standard InChI is InChI=1S/C18H30N4.HI/c1-15(2)16-8-7-9-17(14-16)21-18(19)20-10-13-22-11-5-3-4-6-12-22;/h7-9,14-15H,3-6,10-13H2,1-2H3,(H3,19,20,21);1H. The Bertz CT molecular complexity index is 480. The van der Waals surface area contributed by atoms with Crippen LogP contribution in [0.1, 0.15) is 51.0 Å². The van der Waals surface area contributed by atoms with Gasteiger partial charge in [-0.2, -0.15) is 0 Å². The molecule has 3 N–H and O–H groups in total. The van der Waals surface area contributed by atoms with Gasteiger partial charge in [0.2, 0.25) is 0 Å². The molecule has 0 bridgehead atoms. The largest absolute Gasteiger partial charge is 0.370 e. The highest BCUT2D eigenvalue weighted by atomic mass is 127. The minimum atomic E-state index is 0. The summed E-state index contributed by atoms with van der Waals surface area (Å²) in [5, 5.41) is 3.20. The molecule has 2 rings (SSSR count). The fraction of sp³-hybridized carbons (Fsp3) is 0.611. The van der Waals surface area contributed by atoms with E-state index in [-0.39, 0.29) is 24.0 Å². The van der Waals surface area contributed by atoms with Gasteiger partial charge in [0.05, 0.1) is 6.54 Å². The van der Waals surface area contributed by atoms with Gasteiger partial charge >= 0.3 is 0 Å². The number of nitrogens with zero attached hydrogens (tertiary/aromatic N) is 2. The smallest absolute Gasteiger partial charge is 0.193 e. The topological polar surface area (TPSA) is 53.6 Å². The van der Waals surface area contributed by atoms with E-state index in [1.807, 2.05) is 6.07 Å². The van der Waals surface area contributed by atoms with Crippen molar-refractivity contribution in [2.75, 3.05) is 31.5 Å². The van der Waals surface area contributed by atoms with Crippen molar-refractivity contribution in [3.63, 3.8) is 0 Å². The summed E-state index contributed by atoms with van der Waals surface area (Å²) in [7, 11) is 0. The van der Waals surface area contributed by atoms with E-state index in [2.05, 4.69) is 47.3 Å². The highest BCUT2D eigenvalue weighted by Gasteiger charge is 2.08. The molecule has 5 heteroatoms. The summed E-state index contributed by atoms with van der Waals surface area (Å²) in [6, 6.07) is 8.37. The molecule has 0 spiro atoms. The van der Waals surface area contributed by atoms with Gasteiger partial charge in [0.1, 0.15) is 0 Å². The van der Waals surface area contributed by atoms with E-state index >= 15 is 0 Å². The number of nitrogens with two attached hydrogens (primary N) is 1. The van der Waals surface area contributed by atoms with Crippen LogP contribution in [0, 0.1) is 0 Å². The molecular formula is C18H31IN4. The Kier molecular flexibility index (Phi) is 9.55. The van der Waals surface area contributed by atoms with Crippen LogP contribution in [-0.4, -0.2) is 37.0 Å². The minimum Gasteiger partial charge on any atom is -0.370 e. The van der Waals surface area contributed by atoms with Crippen molar-refractivity contribution in [3.8, 4) is 0 Å².